The lowest BCUT2D eigenvalue weighted by Crippen LogP contribution is -2.02. The molecule has 0 fully saturated rings. The van der Waals surface area contributed by atoms with Crippen molar-refractivity contribution in [1.29, 1.82) is 0 Å². The molecule has 0 N–H and O–H groups in total. The number of halogens is 1. The molecule has 0 atom stereocenters. The van der Waals surface area contributed by atoms with Crippen molar-refractivity contribution in [1.82, 2.24) is 25.1 Å². The van der Waals surface area contributed by atoms with Gasteiger partial charge in [0, 0.05) is 21.6 Å². The molecular formula is C17H14BrN5O. The summed E-state index contributed by atoms with van der Waals surface area (Å²) in [5.41, 5.74) is 3.50. The quantitative estimate of drug-likeness (QED) is 0.521. The third kappa shape index (κ3) is 2.50. The average Bonchev–Trinajstić information content (AvgIpc) is 3.21. The lowest BCUT2D eigenvalue weighted by molar-refractivity contribution is 0.432. The van der Waals surface area contributed by atoms with Crippen LogP contribution in [-0.4, -0.2) is 25.1 Å². The molecular weight excluding hydrogens is 370 g/mol. The van der Waals surface area contributed by atoms with E-state index in [1.807, 2.05) is 47.1 Å². The van der Waals surface area contributed by atoms with Crippen LogP contribution < -0.4 is 0 Å². The van der Waals surface area contributed by atoms with E-state index in [2.05, 4.69) is 50.2 Å². The van der Waals surface area contributed by atoms with Gasteiger partial charge in [0.2, 0.25) is 5.82 Å². The van der Waals surface area contributed by atoms with Gasteiger partial charge in [0.05, 0.1) is 5.52 Å². The Morgan fingerprint density at radius 3 is 2.75 bits per heavy atom. The number of hydrogen-bond acceptors (Lipinski definition) is 5. The van der Waals surface area contributed by atoms with Crippen LogP contribution in [0.25, 0.3) is 33.9 Å². The number of fused-ring (bicyclic) bond motifs is 1. The summed E-state index contributed by atoms with van der Waals surface area (Å²) in [6, 6.07) is 13.9. The van der Waals surface area contributed by atoms with Crippen LogP contribution in [0, 0.1) is 0 Å². The Kier molecular flexibility index (Phi) is 3.65. The highest BCUT2D eigenvalue weighted by atomic mass is 79.9. The highest BCUT2D eigenvalue weighted by Gasteiger charge is 2.15. The fourth-order valence-corrected chi connectivity index (χ4v) is 3.01. The fourth-order valence-electron chi connectivity index (χ4n) is 2.55. The summed E-state index contributed by atoms with van der Waals surface area (Å²) in [6.45, 7) is 4.15. The van der Waals surface area contributed by atoms with Crippen LogP contribution in [0.15, 0.2) is 51.5 Å². The van der Waals surface area contributed by atoms with Crippen LogP contribution in [0.4, 0.5) is 0 Å². The topological polar surface area (TPSA) is 69.6 Å². The molecule has 120 valence electrons. The fraction of sp³-hybridized carbons (Fsp3) is 0.176. The maximum absolute atomic E-state index is 5.43. The van der Waals surface area contributed by atoms with Crippen molar-refractivity contribution >= 4 is 27.0 Å². The predicted molar refractivity (Wildman–Crippen MR) is 94.3 cm³/mol. The smallest absolute Gasteiger partial charge is 0.258 e. The molecule has 0 aliphatic heterocycles. The van der Waals surface area contributed by atoms with Crippen LogP contribution in [0.1, 0.15) is 19.9 Å². The lowest BCUT2D eigenvalue weighted by atomic mass is 10.2. The second kappa shape index (κ2) is 5.83. The second-order valence-electron chi connectivity index (χ2n) is 5.73. The zero-order chi connectivity index (χ0) is 16.7. The summed E-state index contributed by atoms with van der Waals surface area (Å²) >= 11 is 3.50. The Balaban J connectivity index is 1.75. The second-order valence-corrected chi connectivity index (χ2v) is 6.59. The van der Waals surface area contributed by atoms with E-state index in [4.69, 9.17) is 4.52 Å². The summed E-state index contributed by atoms with van der Waals surface area (Å²) in [7, 11) is 0. The summed E-state index contributed by atoms with van der Waals surface area (Å²) < 4.78 is 8.24. The Bertz CT molecular complexity index is 1020. The Morgan fingerprint density at radius 2 is 1.96 bits per heavy atom. The molecule has 0 amide bonds. The number of rotatable bonds is 3. The van der Waals surface area contributed by atoms with E-state index in [1.54, 1.807) is 0 Å². The SMILES string of the molecule is CC(C)n1nnc2cc(-c3nc(-c4ccccc4Br)no3)ccc21. The first kappa shape index (κ1) is 15.0. The molecule has 4 aromatic rings. The zero-order valence-corrected chi connectivity index (χ0v) is 14.7. The Hall–Kier alpha value is -2.54. The van der Waals surface area contributed by atoms with Gasteiger partial charge < -0.3 is 4.52 Å². The van der Waals surface area contributed by atoms with Crippen molar-refractivity contribution in [2.24, 2.45) is 0 Å². The minimum absolute atomic E-state index is 0.256. The summed E-state index contributed by atoms with van der Waals surface area (Å²) in [5, 5.41) is 12.5. The highest BCUT2D eigenvalue weighted by molar-refractivity contribution is 9.10. The first-order valence-electron chi connectivity index (χ1n) is 7.57. The molecule has 0 radical (unpaired) electrons. The minimum atomic E-state index is 0.256. The van der Waals surface area contributed by atoms with E-state index in [0.29, 0.717) is 11.7 Å². The normalized spacial score (nSPS) is 11.5. The minimum Gasteiger partial charge on any atom is -0.334 e. The maximum atomic E-state index is 5.43. The van der Waals surface area contributed by atoms with Crippen LogP contribution in [0.2, 0.25) is 0 Å². The average molecular weight is 384 g/mol. The molecule has 7 heteroatoms. The summed E-state index contributed by atoms with van der Waals surface area (Å²) in [4.78, 5) is 4.50. The molecule has 0 aliphatic rings. The van der Waals surface area contributed by atoms with Crippen molar-refractivity contribution in [2.75, 3.05) is 0 Å². The number of nitrogens with zero attached hydrogens (tertiary/aromatic N) is 5. The summed E-state index contributed by atoms with van der Waals surface area (Å²) in [6.07, 6.45) is 0. The number of hydrogen-bond donors (Lipinski definition) is 0. The van der Waals surface area contributed by atoms with Gasteiger partial charge in [-0.2, -0.15) is 4.98 Å². The third-order valence-electron chi connectivity index (χ3n) is 3.75. The third-order valence-corrected chi connectivity index (χ3v) is 4.44. The van der Waals surface area contributed by atoms with Crippen molar-refractivity contribution in [3.63, 3.8) is 0 Å². The first-order chi connectivity index (χ1) is 11.6. The highest BCUT2D eigenvalue weighted by Crippen LogP contribution is 2.29. The number of benzene rings is 2. The monoisotopic (exact) mass is 383 g/mol. The summed E-state index contributed by atoms with van der Waals surface area (Å²) in [5.74, 6) is 1.00. The molecule has 2 aromatic heterocycles. The van der Waals surface area contributed by atoms with Gasteiger partial charge in [0.1, 0.15) is 5.52 Å². The zero-order valence-electron chi connectivity index (χ0n) is 13.1. The Morgan fingerprint density at radius 1 is 1.12 bits per heavy atom. The van der Waals surface area contributed by atoms with Gasteiger partial charge in [0.15, 0.2) is 0 Å². The molecule has 0 saturated heterocycles. The largest absolute Gasteiger partial charge is 0.334 e. The van der Waals surface area contributed by atoms with Gasteiger partial charge >= 0.3 is 0 Å². The van der Waals surface area contributed by atoms with E-state index >= 15 is 0 Å². The van der Waals surface area contributed by atoms with E-state index in [-0.39, 0.29) is 6.04 Å². The first-order valence-corrected chi connectivity index (χ1v) is 8.36. The molecule has 6 nitrogen and oxygen atoms in total. The van der Waals surface area contributed by atoms with Crippen LogP contribution in [0.3, 0.4) is 0 Å². The van der Waals surface area contributed by atoms with Gasteiger partial charge in [-0.15, -0.1) is 5.10 Å². The van der Waals surface area contributed by atoms with E-state index in [1.165, 1.54) is 0 Å². The molecule has 2 aromatic carbocycles. The van der Waals surface area contributed by atoms with Gasteiger partial charge in [-0.1, -0.05) is 38.4 Å². The van der Waals surface area contributed by atoms with Crippen LogP contribution >= 0.6 is 15.9 Å². The molecule has 0 bridgehead atoms. The van der Waals surface area contributed by atoms with Crippen molar-refractivity contribution < 1.29 is 4.52 Å². The molecule has 24 heavy (non-hydrogen) atoms. The van der Waals surface area contributed by atoms with Gasteiger partial charge in [-0.25, -0.2) is 4.68 Å². The van der Waals surface area contributed by atoms with Gasteiger partial charge in [-0.05, 0) is 44.2 Å². The molecule has 2 heterocycles. The molecule has 0 spiro atoms. The van der Waals surface area contributed by atoms with E-state index in [9.17, 15) is 0 Å². The lowest BCUT2D eigenvalue weighted by Gasteiger charge is -2.04. The number of aromatic nitrogens is 5. The van der Waals surface area contributed by atoms with Gasteiger partial charge in [0.25, 0.3) is 5.89 Å². The molecule has 0 saturated carbocycles. The predicted octanol–water partition coefficient (Wildman–Crippen LogP) is 4.49. The molecule has 4 rings (SSSR count). The van der Waals surface area contributed by atoms with Crippen molar-refractivity contribution in [3.8, 4) is 22.8 Å². The van der Waals surface area contributed by atoms with Crippen LogP contribution in [-0.2, 0) is 0 Å². The van der Waals surface area contributed by atoms with E-state index < -0.39 is 0 Å². The van der Waals surface area contributed by atoms with Crippen LogP contribution in [0.5, 0.6) is 0 Å². The van der Waals surface area contributed by atoms with Crippen molar-refractivity contribution in [2.45, 2.75) is 19.9 Å². The molecule has 0 unspecified atom stereocenters. The standard InChI is InChI=1S/C17H14BrN5O/c1-10(2)23-15-8-7-11(9-14(15)20-22-23)17-19-16(21-24-17)12-5-3-4-6-13(12)18/h3-10H,1-2H3. The maximum Gasteiger partial charge on any atom is 0.258 e. The van der Waals surface area contributed by atoms with Crippen molar-refractivity contribution in [3.05, 3.63) is 46.9 Å². The molecule has 0 aliphatic carbocycles. The Labute approximate surface area is 146 Å². The van der Waals surface area contributed by atoms with Gasteiger partial charge in [-0.3, -0.25) is 0 Å². The van der Waals surface area contributed by atoms with E-state index in [0.717, 1.165) is 26.6 Å².